The van der Waals surface area contributed by atoms with E-state index in [4.69, 9.17) is 4.74 Å². The lowest BCUT2D eigenvalue weighted by Crippen LogP contribution is -2.47. The van der Waals surface area contributed by atoms with Gasteiger partial charge in [0.15, 0.2) is 0 Å². The van der Waals surface area contributed by atoms with Crippen LogP contribution in [0.4, 0.5) is 0 Å². The molecule has 0 spiro atoms. The lowest BCUT2D eigenvalue weighted by atomic mass is 9.81. The smallest absolute Gasteiger partial charge is 0.242 e. The monoisotopic (exact) mass is 448 g/mol. The van der Waals surface area contributed by atoms with Crippen molar-refractivity contribution in [3.8, 4) is 0 Å². The van der Waals surface area contributed by atoms with Crippen LogP contribution in [0.2, 0.25) is 0 Å². The molecule has 2 saturated heterocycles. The van der Waals surface area contributed by atoms with Gasteiger partial charge in [0.25, 0.3) is 0 Å². The molecule has 3 amide bonds. The minimum atomic E-state index is -0.247. The highest BCUT2D eigenvalue weighted by molar-refractivity contribution is 9.12. The van der Waals surface area contributed by atoms with E-state index in [1.807, 2.05) is 0 Å². The van der Waals surface area contributed by atoms with Crippen molar-refractivity contribution in [2.24, 2.45) is 23.7 Å². The molecule has 0 aromatic carbocycles. The van der Waals surface area contributed by atoms with Gasteiger partial charge in [-0.3, -0.25) is 19.3 Å². The zero-order valence-corrected chi connectivity index (χ0v) is 15.7. The Bertz CT molecular complexity index is 534. The molecule has 2 aliphatic carbocycles. The fourth-order valence-electron chi connectivity index (χ4n) is 4.61. The third-order valence-electron chi connectivity index (χ3n) is 5.74. The fourth-order valence-corrected chi connectivity index (χ4v) is 6.49. The van der Waals surface area contributed by atoms with Crippen molar-refractivity contribution in [1.82, 2.24) is 9.80 Å². The predicted octanol–water partition coefficient (Wildman–Crippen LogP) is 0.623. The number of likely N-dealkylation sites (tertiary alicyclic amines) is 1. The number of rotatable bonds is 2. The number of halogens is 2. The number of carbonyl (C=O) groups is 3. The molecule has 8 heteroatoms. The van der Waals surface area contributed by atoms with Gasteiger partial charge in [-0.1, -0.05) is 31.9 Å². The highest BCUT2D eigenvalue weighted by Crippen LogP contribution is 2.60. The molecule has 2 aliphatic heterocycles. The third kappa shape index (κ3) is 2.32. The van der Waals surface area contributed by atoms with E-state index in [-0.39, 0.29) is 57.6 Å². The largest absolute Gasteiger partial charge is 0.378 e. The average Bonchev–Trinajstić information content (AvgIpc) is 3.16. The van der Waals surface area contributed by atoms with Gasteiger partial charge in [-0.05, 0) is 18.3 Å². The molecule has 23 heavy (non-hydrogen) atoms. The molecule has 0 aromatic heterocycles. The van der Waals surface area contributed by atoms with Crippen molar-refractivity contribution >= 4 is 49.6 Å². The molecule has 0 unspecified atom stereocenters. The lowest BCUT2D eigenvalue weighted by Gasteiger charge is -2.28. The summed E-state index contributed by atoms with van der Waals surface area (Å²) in [6.07, 6.45) is 0.907. The van der Waals surface area contributed by atoms with Crippen molar-refractivity contribution in [3.05, 3.63) is 0 Å². The summed E-state index contributed by atoms with van der Waals surface area (Å²) in [5, 5.41) is 0. The van der Waals surface area contributed by atoms with Crippen LogP contribution in [0.5, 0.6) is 0 Å². The lowest BCUT2D eigenvalue weighted by molar-refractivity contribution is -0.148. The molecule has 6 nitrogen and oxygen atoms in total. The number of ether oxygens (including phenoxy) is 1. The van der Waals surface area contributed by atoms with Crippen LogP contribution in [0, 0.1) is 23.7 Å². The first kappa shape index (κ1) is 16.0. The number of morpholine rings is 1. The van der Waals surface area contributed by atoms with Gasteiger partial charge in [0.05, 0.1) is 25.0 Å². The first-order valence-electron chi connectivity index (χ1n) is 7.99. The molecule has 2 bridgehead atoms. The Labute approximate surface area is 151 Å². The van der Waals surface area contributed by atoms with Crippen LogP contribution >= 0.6 is 31.9 Å². The maximum absolute atomic E-state index is 12.7. The minimum absolute atomic E-state index is 0.121. The Morgan fingerprint density at radius 2 is 1.57 bits per heavy atom. The summed E-state index contributed by atoms with van der Waals surface area (Å²) in [6, 6.07) is 0. The van der Waals surface area contributed by atoms with Crippen molar-refractivity contribution < 1.29 is 19.1 Å². The second-order valence-corrected chi connectivity index (χ2v) is 8.87. The molecular formula is C15H18Br2N2O4. The van der Waals surface area contributed by atoms with Crippen molar-refractivity contribution in [2.75, 3.05) is 32.8 Å². The first-order valence-corrected chi connectivity index (χ1v) is 9.82. The SMILES string of the molecule is O=C(CN1C(=O)[C@@H]2[C@H]3C[C@H]([C@H](Br)[C@@H]3Br)[C@@H]2C1=O)N1CCOCC1. The number of imide groups is 1. The van der Waals surface area contributed by atoms with E-state index in [9.17, 15) is 14.4 Å². The summed E-state index contributed by atoms with van der Waals surface area (Å²) >= 11 is 7.32. The average molecular weight is 450 g/mol. The van der Waals surface area contributed by atoms with Crippen LogP contribution in [0.25, 0.3) is 0 Å². The molecule has 4 rings (SSSR count). The second kappa shape index (κ2) is 5.81. The van der Waals surface area contributed by atoms with Crippen LogP contribution in [-0.2, 0) is 19.1 Å². The zero-order chi connectivity index (χ0) is 16.3. The maximum Gasteiger partial charge on any atom is 0.242 e. The Morgan fingerprint density at radius 1 is 1.04 bits per heavy atom. The Kier molecular flexibility index (Phi) is 4.05. The molecule has 2 heterocycles. The first-order chi connectivity index (χ1) is 11.0. The van der Waals surface area contributed by atoms with E-state index in [0.717, 1.165) is 6.42 Å². The van der Waals surface area contributed by atoms with Crippen LogP contribution in [0.3, 0.4) is 0 Å². The molecule has 2 saturated carbocycles. The zero-order valence-electron chi connectivity index (χ0n) is 12.5. The van der Waals surface area contributed by atoms with Crippen LogP contribution < -0.4 is 0 Å². The second-order valence-electron chi connectivity index (χ2n) is 6.76. The van der Waals surface area contributed by atoms with E-state index >= 15 is 0 Å². The highest BCUT2D eigenvalue weighted by Gasteiger charge is 2.66. The maximum atomic E-state index is 12.7. The summed E-state index contributed by atoms with van der Waals surface area (Å²) in [4.78, 5) is 41.2. The van der Waals surface area contributed by atoms with Crippen molar-refractivity contribution in [1.29, 1.82) is 0 Å². The van der Waals surface area contributed by atoms with Crippen LogP contribution in [-0.4, -0.2) is 70.0 Å². The van der Waals surface area contributed by atoms with Gasteiger partial charge >= 0.3 is 0 Å². The Hall–Kier alpha value is -0.470. The summed E-state index contributed by atoms with van der Waals surface area (Å²) in [5.74, 6) is -0.584. The summed E-state index contributed by atoms with van der Waals surface area (Å²) in [6.45, 7) is 1.96. The number of hydrogen-bond acceptors (Lipinski definition) is 4. The molecule has 6 atom stereocenters. The standard InChI is InChI=1S/C15H18Br2N2O4/c16-12-7-5-8(13(12)17)11-10(7)14(21)19(15(11)22)6-9(20)18-1-3-23-4-2-18/h7-8,10-13H,1-6H2/t7-,8+,10-,11+,12-,13+. The molecule has 0 aromatic rings. The molecular weight excluding hydrogens is 432 g/mol. The number of carbonyl (C=O) groups excluding carboxylic acids is 3. The van der Waals surface area contributed by atoms with Crippen molar-refractivity contribution in [3.63, 3.8) is 0 Å². The van der Waals surface area contributed by atoms with E-state index < -0.39 is 0 Å². The minimum Gasteiger partial charge on any atom is -0.378 e. The van der Waals surface area contributed by atoms with Gasteiger partial charge in [0.1, 0.15) is 6.54 Å². The van der Waals surface area contributed by atoms with Gasteiger partial charge in [0, 0.05) is 22.7 Å². The van der Waals surface area contributed by atoms with Crippen LogP contribution in [0.15, 0.2) is 0 Å². The van der Waals surface area contributed by atoms with Gasteiger partial charge in [0.2, 0.25) is 17.7 Å². The molecule has 4 aliphatic rings. The Morgan fingerprint density at radius 3 is 2.09 bits per heavy atom. The fraction of sp³-hybridized carbons (Fsp3) is 0.800. The predicted molar refractivity (Wildman–Crippen MR) is 88.1 cm³/mol. The molecule has 4 fully saturated rings. The third-order valence-corrected chi connectivity index (χ3v) is 8.94. The van der Waals surface area contributed by atoms with Crippen LogP contribution in [0.1, 0.15) is 6.42 Å². The number of amides is 3. The highest BCUT2D eigenvalue weighted by atomic mass is 79.9. The van der Waals surface area contributed by atoms with Gasteiger partial charge < -0.3 is 9.64 Å². The summed E-state index contributed by atoms with van der Waals surface area (Å²) in [5.41, 5.74) is 0. The number of alkyl halides is 2. The number of hydrogen-bond donors (Lipinski definition) is 0. The molecule has 126 valence electrons. The summed E-state index contributed by atoms with van der Waals surface area (Å²) < 4.78 is 5.23. The van der Waals surface area contributed by atoms with Gasteiger partial charge in [-0.15, -0.1) is 0 Å². The normalized spacial score (nSPS) is 42.5. The van der Waals surface area contributed by atoms with E-state index in [0.29, 0.717) is 26.3 Å². The van der Waals surface area contributed by atoms with Crippen molar-refractivity contribution in [2.45, 2.75) is 16.1 Å². The number of fused-ring (bicyclic) bond motifs is 5. The van der Waals surface area contributed by atoms with Gasteiger partial charge in [-0.25, -0.2) is 0 Å². The quantitative estimate of drug-likeness (QED) is 0.458. The van der Waals surface area contributed by atoms with Gasteiger partial charge in [-0.2, -0.15) is 0 Å². The molecule has 0 N–H and O–H groups in total. The van der Waals surface area contributed by atoms with E-state index in [1.165, 1.54) is 4.90 Å². The summed E-state index contributed by atoms with van der Waals surface area (Å²) in [7, 11) is 0. The van der Waals surface area contributed by atoms with E-state index in [2.05, 4.69) is 31.9 Å². The molecule has 0 radical (unpaired) electrons. The Balaban J connectivity index is 1.50. The number of nitrogens with zero attached hydrogens (tertiary/aromatic N) is 2. The van der Waals surface area contributed by atoms with E-state index in [1.54, 1.807) is 4.90 Å². The topological polar surface area (TPSA) is 66.9 Å².